The molecule has 1 aliphatic rings. The average molecular weight is 585 g/mol. The zero-order chi connectivity index (χ0) is 29.0. The number of hydrogen-bond donors (Lipinski definition) is 0. The van der Waals surface area contributed by atoms with E-state index in [4.69, 9.17) is 15.0 Å². The van der Waals surface area contributed by atoms with Gasteiger partial charge in [-0.25, -0.2) is 4.98 Å². The molecule has 5 aromatic carbocycles. The Hall–Kier alpha value is -5.05. The Balaban J connectivity index is 1.39. The van der Waals surface area contributed by atoms with E-state index < -0.39 is 7.53 Å². The summed E-state index contributed by atoms with van der Waals surface area (Å²) < 4.78 is 2.36. The van der Waals surface area contributed by atoms with Gasteiger partial charge in [-0.1, -0.05) is 123 Å². The standard InChI is InChI=1S/C39H29N4P/c1-4-14-26(15-5-1)37-40-38(27-16-6-2-7-17-27)42-39(41-37)43-31-22-12-10-20-29(31)35-32(43)24-25-34-36(35)30-21-11-13-23-33(30)44(34)28-18-8-3-9-19-28/h1-9,11,13-19,21,23-25H,10,12,20,22H2. The summed E-state index contributed by atoms with van der Waals surface area (Å²) in [7, 11) is -0.625. The second kappa shape index (κ2) is 10.3. The molecule has 0 spiro atoms. The number of fused-ring (bicyclic) bond motifs is 7. The summed E-state index contributed by atoms with van der Waals surface area (Å²) in [4.78, 5) is 15.3. The smallest absolute Gasteiger partial charge is 0.238 e. The lowest BCUT2D eigenvalue weighted by atomic mass is 9.94. The van der Waals surface area contributed by atoms with E-state index >= 15 is 0 Å². The van der Waals surface area contributed by atoms with E-state index in [1.807, 2.05) is 36.4 Å². The molecule has 44 heavy (non-hydrogen) atoms. The van der Waals surface area contributed by atoms with Crippen LogP contribution in [0.15, 0.2) is 127 Å². The van der Waals surface area contributed by atoms with E-state index in [2.05, 4.69) is 95.6 Å². The highest BCUT2D eigenvalue weighted by atomic mass is 31.1. The first-order chi connectivity index (χ1) is 21.8. The minimum atomic E-state index is -0.625. The Morgan fingerprint density at radius 3 is 1.84 bits per heavy atom. The molecule has 0 N–H and O–H groups in total. The SMILES string of the molecule is c1ccc(-c2nc(-c3ccccc3)nc(-n3c4c(c5c6c7ccccc7p(-c7ccccc7)c6ccc53)CCCC4)n2)cc1. The van der Waals surface area contributed by atoms with Crippen LogP contribution >= 0.6 is 7.53 Å². The second-order valence-corrected chi connectivity index (χ2v) is 13.7. The summed E-state index contributed by atoms with van der Waals surface area (Å²) >= 11 is 0. The van der Waals surface area contributed by atoms with Crippen LogP contribution in [-0.2, 0) is 12.8 Å². The van der Waals surface area contributed by atoms with E-state index in [1.54, 1.807) is 0 Å². The number of hydrogen-bond acceptors (Lipinski definition) is 3. The van der Waals surface area contributed by atoms with E-state index in [0.29, 0.717) is 17.6 Å². The van der Waals surface area contributed by atoms with Gasteiger partial charge in [0.2, 0.25) is 5.95 Å². The van der Waals surface area contributed by atoms with Crippen LogP contribution in [0.5, 0.6) is 0 Å². The van der Waals surface area contributed by atoms with E-state index in [1.165, 1.54) is 61.3 Å². The van der Waals surface area contributed by atoms with E-state index in [0.717, 1.165) is 24.0 Å². The van der Waals surface area contributed by atoms with Gasteiger partial charge in [0.15, 0.2) is 11.6 Å². The van der Waals surface area contributed by atoms with Crippen molar-refractivity contribution in [3.8, 4) is 34.0 Å². The molecule has 9 rings (SSSR count). The first-order valence-electron chi connectivity index (χ1n) is 15.4. The fraction of sp³-hybridized carbons (Fsp3) is 0.103. The van der Waals surface area contributed by atoms with Gasteiger partial charge in [-0.2, -0.15) is 9.97 Å². The highest BCUT2D eigenvalue weighted by Crippen LogP contribution is 2.57. The number of rotatable bonds is 4. The second-order valence-electron chi connectivity index (χ2n) is 11.5. The van der Waals surface area contributed by atoms with Gasteiger partial charge in [0.1, 0.15) is 0 Å². The van der Waals surface area contributed by atoms with Gasteiger partial charge in [0.05, 0.1) is 5.52 Å². The van der Waals surface area contributed by atoms with Crippen LogP contribution in [0.25, 0.3) is 65.9 Å². The normalized spacial score (nSPS) is 13.5. The van der Waals surface area contributed by atoms with Crippen LogP contribution in [0.2, 0.25) is 0 Å². The summed E-state index contributed by atoms with van der Waals surface area (Å²) in [5.74, 6) is 2.09. The quantitative estimate of drug-likeness (QED) is 0.207. The monoisotopic (exact) mass is 584 g/mol. The zero-order valence-electron chi connectivity index (χ0n) is 24.2. The Morgan fingerprint density at radius 1 is 0.523 bits per heavy atom. The molecule has 1 aliphatic carbocycles. The van der Waals surface area contributed by atoms with Crippen molar-refractivity contribution >= 4 is 39.4 Å². The summed E-state index contributed by atoms with van der Waals surface area (Å²) in [5, 5.41) is 8.47. The first-order valence-corrected chi connectivity index (χ1v) is 16.7. The number of nitrogens with zero attached hydrogens (tertiary/aromatic N) is 4. The van der Waals surface area contributed by atoms with Crippen molar-refractivity contribution < 1.29 is 0 Å². The Kier molecular flexibility index (Phi) is 5.95. The summed E-state index contributed by atoms with van der Waals surface area (Å²) in [5.41, 5.74) is 5.98. The lowest BCUT2D eigenvalue weighted by Gasteiger charge is -2.16. The molecule has 8 aromatic rings. The molecule has 3 aromatic heterocycles. The van der Waals surface area contributed by atoms with Crippen LogP contribution in [0.3, 0.4) is 0 Å². The molecule has 0 aliphatic heterocycles. The molecular weight excluding hydrogens is 555 g/mol. The van der Waals surface area contributed by atoms with Crippen molar-refractivity contribution in [1.82, 2.24) is 19.5 Å². The Labute approximate surface area is 256 Å². The third kappa shape index (κ3) is 3.95. The number of aromatic nitrogens is 4. The molecule has 1 unspecified atom stereocenters. The molecule has 210 valence electrons. The molecule has 0 fully saturated rings. The molecule has 0 saturated carbocycles. The third-order valence-corrected chi connectivity index (χ3v) is 11.5. The fourth-order valence-electron chi connectivity index (χ4n) is 7.07. The van der Waals surface area contributed by atoms with Gasteiger partial charge in [-0.05, 0) is 54.1 Å². The lowest BCUT2D eigenvalue weighted by Crippen LogP contribution is -2.11. The van der Waals surface area contributed by atoms with Crippen molar-refractivity contribution in [3.05, 3.63) is 139 Å². The van der Waals surface area contributed by atoms with E-state index in [9.17, 15) is 0 Å². The van der Waals surface area contributed by atoms with Crippen LogP contribution in [0, 0.1) is 0 Å². The van der Waals surface area contributed by atoms with Crippen molar-refractivity contribution in [1.29, 1.82) is 0 Å². The van der Waals surface area contributed by atoms with Gasteiger partial charge in [0, 0.05) is 37.8 Å². The van der Waals surface area contributed by atoms with Crippen LogP contribution in [0.4, 0.5) is 0 Å². The fourth-order valence-corrected chi connectivity index (χ4v) is 9.70. The number of aryl methyl sites for hydroxylation is 1. The maximum Gasteiger partial charge on any atom is 0.238 e. The highest BCUT2D eigenvalue weighted by molar-refractivity contribution is 7.68. The van der Waals surface area contributed by atoms with Crippen molar-refractivity contribution in [2.75, 3.05) is 0 Å². The zero-order valence-corrected chi connectivity index (χ0v) is 25.1. The predicted molar refractivity (Wildman–Crippen MR) is 183 cm³/mol. The molecule has 4 nitrogen and oxygen atoms in total. The maximum atomic E-state index is 5.18. The van der Waals surface area contributed by atoms with Crippen LogP contribution in [-0.4, -0.2) is 19.5 Å². The molecule has 3 heterocycles. The topological polar surface area (TPSA) is 43.6 Å². The predicted octanol–water partition coefficient (Wildman–Crippen LogP) is 10.3. The molecule has 0 amide bonds. The van der Waals surface area contributed by atoms with Gasteiger partial charge in [0.25, 0.3) is 0 Å². The molecule has 0 saturated heterocycles. The van der Waals surface area contributed by atoms with Gasteiger partial charge >= 0.3 is 0 Å². The average Bonchev–Trinajstić information content (AvgIpc) is 3.62. The molecule has 0 radical (unpaired) electrons. The van der Waals surface area contributed by atoms with Gasteiger partial charge in [-0.3, -0.25) is 4.57 Å². The first kappa shape index (κ1) is 25.4. The largest absolute Gasteiger partial charge is 0.282 e. The maximum absolute atomic E-state index is 5.18. The lowest BCUT2D eigenvalue weighted by molar-refractivity contribution is 0.661. The van der Waals surface area contributed by atoms with Crippen molar-refractivity contribution in [3.63, 3.8) is 0 Å². The van der Waals surface area contributed by atoms with E-state index in [-0.39, 0.29) is 0 Å². The molecule has 1 atom stereocenters. The van der Waals surface area contributed by atoms with Crippen LogP contribution < -0.4 is 0 Å². The molecule has 5 heteroatoms. The summed E-state index contributed by atoms with van der Waals surface area (Å²) in [6, 6.07) is 45.4. The molecule has 0 bridgehead atoms. The van der Waals surface area contributed by atoms with Crippen LogP contribution in [0.1, 0.15) is 24.1 Å². The summed E-state index contributed by atoms with van der Waals surface area (Å²) in [6.07, 6.45) is 4.46. The number of benzene rings is 5. The highest BCUT2D eigenvalue weighted by Gasteiger charge is 2.27. The molecular formula is C39H29N4P. The summed E-state index contributed by atoms with van der Waals surface area (Å²) in [6.45, 7) is 0. The van der Waals surface area contributed by atoms with Crippen molar-refractivity contribution in [2.24, 2.45) is 0 Å². The Morgan fingerprint density at radius 2 is 1.14 bits per heavy atom. The minimum absolute atomic E-state index is 0.625. The third-order valence-electron chi connectivity index (χ3n) is 8.97. The minimum Gasteiger partial charge on any atom is -0.282 e. The van der Waals surface area contributed by atoms with Crippen molar-refractivity contribution in [2.45, 2.75) is 25.7 Å². The van der Waals surface area contributed by atoms with Gasteiger partial charge < -0.3 is 0 Å². The van der Waals surface area contributed by atoms with Gasteiger partial charge in [-0.15, -0.1) is 0 Å². The Bertz CT molecular complexity index is 2260.